The highest BCUT2D eigenvalue weighted by Crippen LogP contribution is 2.17. The first-order valence-corrected chi connectivity index (χ1v) is 15.7. The van der Waals surface area contributed by atoms with Crippen molar-refractivity contribution in [1.82, 2.24) is 21.3 Å². The summed E-state index contributed by atoms with van der Waals surface area (Å²) in [6.07, 6.45) is 0.133. The zero-order chi connectivity index (χ0) is 35.2. The number of nitrogens with two attached hydrogens (primary N) is 2. The van der Waals surface area contributed by atoms with Gasteiger partial charge in [0, 0.05) is 12.8 Å². The molecule has 13 heteroatoms. The molecule has 0 spiro atoms. The molecule has 48 heavy (non-hydrogen) atoms. The number of carbonyl (C=O) groups excluding carboxylic acids is 7. The molecule has 0 bridgehead atoms. The second kappa shape index (κ2) is 17.9. The Labute approximate surface area is 278 Å². The first kappa shape index (κ1) is 36.9. The average molecular weight is 659 g/mol. The second-order valence-corrected chi connectivity index (χ2v) is 11.6. The maximum absolute atomic E-state index is 13.3. The maximum Gasteiger partial charge on any atom is 0.290 e. The minimum absolute atomic E-state index is 0.0295. The van der Waals surface area contributed by atoms with Gasteiger partial charge in [0.2, 0.25) is 35.3 Å². The van der Waals surface area contributed by atoms with Crippen LogP contribution in [0.5, 0.6) is 0 Å². The Morgan fingerprint density at radius 3 is 2.02 bits per heavy atom. The van der Waals surface area contributed by atoms with E-state index in [0.717, 1.165) is 16.3 Å². The van der Waals surface area contributed by atoms with E-state index in [9.17, 15) is 33.6 Å². The lowest BCUT2D eigenvalue weighted by Crippen LogP contribution is -2.56. The monoisotopic (exact) mass is 658 g/mol. The highest BCUT2D eigenvalue weighted by molar-refractivity contribution is 6.38. The number of primary amides is 2. The molecule has 0 radical (unpaired) electrons. The van der Waals surface area contributed by atoms with E-state index in [1.165, 1.54) is 0 Å². The molecule has 0 aliphatic heterocycles. The van der Waals surface area contributed by atoms with Gasteiger partial charge in [-0.05, 0) is 34.2 Å². The third kappa shape index (κ3) is 11.3. The van der Waals surface area contributed by atoms with Crippen molar-refractivity contribution in [3.63, 3.8) is 0 Å². The van der Waals surface area contributed by atoms with Crippen molar-refractivity contribution in [2.24, 2.45) is 17.4 Å². The Bertz CT molecular complexity index is 1640. The molecular weight excluding hydrogens is 616 g/mol. The number of hydrogen-bond acceptors (Lipinski definition) is 7. The number of rotatable bonds is 18. The summed E-state index contributed by atoms with van der Waals surface area (Å²) in [5.41, 5.74) is 12.3. The Hall–Kier alpha value is -5.59. The van der Waals surface area contributed by atoms with E-state index in [1.807, 2.05) is 42.5 Å². The highest BCUT2D eigenvalue weighted by Gasteiger charge is 2.33. The normalized spacial score (nSPS) is 13.3. The van der Waals surface area contributed by atoms with Crippen molar-refractivity contribution in [2.45, 2.75) is 64.1 Å². The minimum Gasteiger partial charge on any atom is -0.370 e. The largest absolute Gasteiger partial charge is 0.370 e. The second-order valence-electron chi connectivity index (χ2n) is 11.6. The standard InChI is InChI=1S/C35H42N6O7/c1-3-21(2)31(41-34(47)26(15-16-28(36)42)39-29(43)19-22-9-5-4-6-10-22)32(45)35(48)38-20-30(44)40-27(33(37)46)18-23-13-14-24-11-7-8-12-25(24)17-23/h4-14,17,21,26-27,31H,3,15-16,18-20H2,1-2H3,(H2,36,42)(H2,37,46)(H,38,48)(H,39,43)(H,40,44)(H,41,47). The minimum atomic E-state index is -1.31. The van der Waals surface area contributed by atoms with Crippen LogP contribution in [0.15, 0.2) is 72.8 Å². The first-order chi connectivity index (χ1) is 22.9. The Balaban J connectivity index is 1.61. The number of ketones is 1. The summed E-state index contributed by atoms with van der Waals surface area (Å²) in [5, 5.41) is 11.8. The maximum atomic E-state index is 13.3. The SMILES string of the molecule is CCC(C)C(NC(=O)C(CCC(N)=O)NC(=O)Cc1ccccc1)C(=O)C(=O)NCC(=O)NC(Cc1ccc2ccccc2c1)C(N)=O. The average Bonchev–Trinajstić information content (AvgIpc) is 3.07. The molecule has 3 aromatic rings. The van der Waals surface area contributed by atoms with Gasteiger partial charge < -0.3 is 32.7 Å². The Morgan fingerprint density at radius 2 is 1.38 bits per heavy atom. The smallest absolute Gasteiger partial charge is 0.290 e. The van der Waals surface area contributed by atoms with Crippen molar-refractivity contribution < 1.29 is 33.6 Å². The summed E-state index contributed by atoms with van der Waals surface area (Å²) >= 11 is 0. The summed E-state index contributed by atoms with van der Waals surface area (Å²) in [6, 6.07) is 18.5. The summed E-state index contributed by atoms with van der Waals surface area (Å²) in [7, 11) is 0. The van der Waals surface area contributed by atoms with Crippen LogP contribution in [0.1, 0.15) is 44.2 Å². The third-order valence-corrected chi connectivity index (χ3v) is 7.90. The van der Waals surface area contributed by atoms with Crippen molar-refractivity contribution in [3.8, 4) is 0 Å². The van der Waals surface area contributed by atoms with E-state index in [4.69, 9.17) is 11.5 Å². The van der Waals surface area contributed by atoms with Crippen LogP contribution in [-0.4, -0.2) is 65.9 Å². The van der Waals surface area contributed by atoms with Crippen molar-refractivity contribution in [3.05, 3.63) is 83.9 Å². The van der Waals surface area contributed by atoms with Crippen LogP contribution in [-0.2, 0) is 46.4 Å². The number of hydrogen-bond donors (Lipinski definition) is 6. The summed E-state index contributed by atoms with van der Waals surface area (Å²) < 4.78 is 0. The van der Waals surface area contributed by atoms with Gasteiger partial charge in [0.15, 0.2) is 0 Å². The third-order valence-electron chi connectivity index (χ3n) is 7.90. The number of amides is 6. The number of nitrogens with one attached hydrogen (secondary N) is 4. The number of fused-ring (bicyclic) bond motifs is 1. The van der Waals surface area contributed by atoms with Crippen molar-refractivity contribution in [2.75, 3.05) is 6.54 Å². The Morgan fingerprint density at radius 1 is 0.729 bits per heavy atom. The molecule has 4 atom stereocenters. The molecule has 6 amide bonds. The predicted octanol–water partition coefficient (Wildman–Crippen LogP) is 0.562. The van der Waals surface area contributed by atoms with Gasteiger partial charge in [-0.15, -0.1) is 0 Å². The molecule has 8 N–H and O–H groups in total. The van der Waals surface area contributed by atoms with Gasteiger partial charge in [-0.1, -0.05) is 93.1 Å². The molecular formula is C35H42N6O7. The zero-order valence-electron chi connectivity index (χ0n) is 27.0. The van der Waals surface area contributed by atoms with Gasteiger partial charge in [0.05, 0.1) is 19.0 Å². The Kier molecular flexibility index (Phi) is 13.8. The fourth-order valence-electron chi connectivity index (χ4n) is 5.00. The summed E-state index contributed by atoms with van der Waals surface area (Å²) in [4.78, 5) is 88.4. The molecule has 0 fully saturated rings. The molecule has 0 saturated carbocycles. The van der Waals surface area contributed by atoms with E-state index in [0.29, 0.717) is 12.0 Å². The van der Waals surface area contributed by atoms with Crippen LogP contribution in [0.25, 0.3) is 10.8 Å². The van der Waals surface area contributed by atoms with Crippen LogP contribution in [0.3, 0.4) is 0 Å². The van der Waals surface area contributed by atoms with Gasteiger partial charge >= 0.3 is 0 Å². The molecule has 4 unspecified atom stereocenters. The molecule has 254 valence electrons. The van der Waals surface area contributed by atoms with Gasteiger partial charge in [0.1, 0.15) is 12.1 Å². The lowest BCUT2D eigenvalue weighted by molar-refractivity contribution is -0.142. The van der Waals surface area contributed by atoms with Crippen molar-refractivity contribution in [1.29, 1.82) is 0 Å². The quantitative estimate of drug-likeness (QED) is 0.107. The van der Waals surface area contributed by atoms with Gasteiger partial charge in [0.25, 0.3) is 5.91 Å². The highest BCUT2D eigenvalue weighted by atomic mass is 16.2. The van der Waals surface area contributed by atoms with E-state index in [1.54, 1.807) is 44.2 Å². The molecule has 3 aromatic carbocycles. The molecule has 0 aliphatic rings. The van der Waals surface area contributed by atoms with Crippen LogP contribution in [0, 0.1) is 5.92 Å². The number of carbonyl (C=O) groups is 7. The van der Waals surface area contributed by atoms with Crippen LogP contribution >= 0.6 is 0 Å². The predicted molar refractivity (Wildman–Crippen MR) is 179 cm³/mol. The van der Waals surface area contributed by atoms with E-state index >= 15 is 0 Å². The number of benzene rings is 3. The first-order valence-electron chi connectivity index (χ1n) is 15.7. The van der Waals surface area contributed by atoms with E-state index < -0.39 is 71.8 Å². The van der Waals surface area contributed by atoms with Crippen LogP contribution in [0.2, 0.25) is 0 Å². The topological polar surface area (TPSA) is 220 Å². The molecule has 13 nitrogen and oxygen atoms in total. The van der Waals surface area contributed by atoms with E-state index in [-0.39, 0.29) is 25.7 Å². The number of Topliss-reactive ketones (excluding diaryl/α,β-unsaturated/α-hetero) is 1. The molecule has 0 aliphatic carbocycles. The zero-order valence-corrected chi connectivity index (χ0v) is 27.0. The van der Waals surface area contributed by atoms with Gasteiger partial charge in [-0.3, -0.25) is 33.6 Å². The summed E-state index contributed by atoms with van der Waals surface area (Å²) in [6.45, 7) is 2.78. The van der Waals surface area contributed by atoms with Crippen molar-refractivity contribution >= 4 is 52.0 Å². The fraction of sp³-hybridized carbons (Fsp3) is 0.343. The fourth-order valence-corrected chi connectivity index (χ4v) is 5.00. The molecule has 0 aromatic heterocycles. The van der Waals surface area contributed by atoms with E-state index in [2.05, 4.69) is 21.3 Å². The lowest BCUT2D eigenvalue weighted by atomic mass is 9.94. The molecule has 3 rings (SSSR count). The summed E-state index contributed by atoms with van der Waals surface area (Å²) in [5.74, 6) is -6.15. The molecule has 0 saturated heterocycles. The molecule has 0 heterocycles. The van der Waals surface area contributed by atoms with Gasteiger partial charge in [-0.25, -0.2) is 0 Å². The lowest BCUT2D eigenvalue weighted by Gasteiger charge is -2.26. The van der Waals surface area contributed by atoms with Gasteiger partial charge in [-0.2, -0.15) is 0 Å². The van der Waals surface area contributed by atoms with Crippen LogP contribution in [0.4, 0.5) is 0 Å². The van der Waals surface area contributed by atoms with Crippen LogP contribution < -0.4 is 32.7 Å².